The summed E-state index contributed by atoms with van der Waals surface area (Å²) in [6, 6.07) is 3.80. The van der Waals surface area contributed by atoms with E-state index in [1.807, 2.05) is 19.0 Å². The van der Waals surface area contributed by atoms with Crippen LogP contribution in [0.25, 0.3) is 0 Å². The van der Waals surface area contributed by atoms with E-state index in [0.29, 0.717) is 18.9 Å². The van der Waals surface area contributed by atoms with Gasteiger partial charge in [-0.3, -0.25) is 4.79 Å². The molecule has 1 amide bonds. The summed E-state index contributed by atoms with van der Waals surface area (Å²) in [5, 5.41) is -0.216. The van der Waals surface area contributed by atoms with Gasteiger partial charge >= 0.3 is 0 Å². The summed E-state index contributed by atoms with van der Waals surface area (Å²) in [5.41, 5.74) is 0. The van der Waals surface area contributed by atoms with Crippen LogP contribution in [0.15, 0.2) is 23.1 Å². The number of halogens is 2. The maximum Gasteiger partial charge on any atom is 0.243 e. The van der Waals surface area contributed by atoms with Gasteiger partial charge in [0.05, 0.1) is 9.92 Å². The zero-order chi connectivity index (χ0) is 20.5. The van der Waals surface area contributed by atoms with Crippen LogP contribution in [0, 0.1) is 11.7 Å². The first-order chi connectivity index (χ1) is 13.2. The number of likely N-dealkylation sites (N-methyl/N-ethyl adjacent to an activating group) is 1. The lowest BCUT2D eigenvalue weighted by Gasteiger charge is -2.39. The SMILES string of the molecule is CN(C)C1CCCN(C(=O)C2CCN(S(=O)(=O)c3ccc(F)c(Cl)c3)CC2)C1. The molecule has 156 valence electrons. The van der Waals surface area contributed by atoms with Crippen molar-refractivity contribution in [2.24, 2.45) is 5.92 Å². The number of likely N-dealkylation sites (tertiary alicyclic amines) is 1. The van der Waals surface area contributed by atoms with Crippen molar-refractivity contribution < 1.29 is 17.6 Å². The molecular weight excluding hydrogens is 405 g/mol. The highest BCUT2D eigenvalue weighted by atomic mass is 35.5. The number of sulfonamides is 1. The summed E-state index contributed by atoms with van der Waals surface area (Å²) in [5.74, 6) is -0.667. The first-order valence-corrected chi connectivity index (χ1v) is 11.4. The topological polar surface area (TPSA) is 60.9 Å². The van der Waals surface area contributed by atoms with Gasteiger partial charge in [0.2, 0.25) is 15.9 Å². The third-order valence-corrected chi connectivity index (χ3v) is 7.95. The number of benzene rings is 1. The molecule has 2 heterocycles. The van der Waals surface area contributed by atoms with Crippen LogP contribution in [0.4, 0.5) is 4.39 Å². The number of hydrogen-bond acceptors (Lipinski definition) is 4. The van der Waals surface area contributed by atoms with Crippen molar-refractivity contribution in [2.45, 2.75) is 36.6 Å². The molecule has 0 aromatic heterocycles. The predicted octanol–water partition coefficient (Wildman–Crippen LogP) is 2.43. The Morgan fingerprint density at radius 1 is 1.18 bits per heavy atom. The number of nitrogens with zero attached hydrogens (tertiary/aromatic N) is 3. The number of piperidine rings is 2. The number of amides is 1. The summed E-state index contributed by atoms with van der Waals surface area (Å²) in [4.78, 5) is 17.0. The fraction of sp³-hybridized carbons (Fsp3) is 0.632. The summed E-state index contributed by atoms with van der Waals surface area (Å²) < 4.78 is 40.3. The van der Waals surface area contributed by atoms with Gasteiger partial charge in [0.1, 0.15) is 5.82 Å². The third-order valence-electron chi connectivity index (χ3n) is 5.77. The lowest BCUT2D eigenvalue weighted by Crippen LogP contribution is -2.51. The van der Waals surface area contributed by atoms with E-state index in [1.54, 1.807) is 0 Å². The quantitative estimate of drug-likeness (QED) is 0.734. The van der Waals surface area contributed by atoms with Crippen LogP contribution in [-0.4, -0.2) is 74.7 Å². The Morgan fingerprint density at radius 3 is 2.46 bits per heavy atom. The fourth-order valence-corrected chi connectivity index (χ4v) is 5.71. The van der Waals surface area contributed by atoms with Crippen LogP contribution in [0.2, 0.25) is 5.02 Å². The average Bonchev–Trinajstić information content (AvgIpc) is 2.69. The van der Waals surface area contributed by atoms with Gasteiger partial charge in [0, 0.05) is 38.1 Å². The molecule has 6 nitrogen and oxygen atoms in total. The van der Waals surface area contributed by atoms with Gasteiger partial charge in [-0.05, 0) is 58.0 Å². The number of hydrogen-bond donors (Lipinski definition) is 0. The molecule has 3 rings (SSSR count). The molecule has 9 heteroatoms. The maximum absolute atomic E-state index is 13.3. The molecule has 0 aliphatic carbocycles. The molecule has 1 unspecified atom stereocenters. The molecule has 2 fully saturated rings. The van der Waals surface area contributed by atoms with Crippen LogP contribution in [0.3, 0.4) is 0 Å². The maximum atomic E-state index is 13.3. The summed E-state index contributed by atoms with van der Waals surface area (Å²) in [6.07, 6.45) is 3.08. The Morgan fingerprint density at radius 2 is 1.86 bits per heavy atom. The van der Waals surface area contributed by atoms with Crippen LogP contribution in [0.5, 0.6) is 0 Å². The summed E-state index contributed by atoms with van der Waals surface area (Å²) in [6.45, 7) is 2.06. The Bertz CT molecular complexity index is 826. The van der Waals surface area contributed by atoms with Gasteiger partial charge in [0.15, 0.2) is 0 Å². The minimum atomic E-state index is -3.74. The molecule has 0 radical (unpaired) electrons. The van der Waals surface area contributed by atoms with E-state index in [4.69, 9.17) is 11.6 Å². The van der Waals surface area contributed by atoms with Gasteiger partial charge in [-0.1, -0.05) is 11.6 Å². The largest absolute Gasteiger partial charge is 0.341 e. The Balaban J connectivity index is 1.62. The van der Waals surface area contributed by atoms with E-state index in [9.17, 15) is 17.6 Å². The highest BCUT2D eigenvalue weighted by Gasteiger charge is 2.35. The number of rotatable bonds is 4. The van der Waals surface area contributed by atoms with Gasteiger partial charge in [-0.2, -0.15) is 4.31 Å². The Labute approximate surface area is 171 Å². The third kappa shape index (κ3) is 4.50. The molecular formula is C19H27ClFN3O3S. The van der Waals surface area contributed by atoms with E-state index in [-0.39, 0.29) is 34.8 Å². The molecule has 1 aromatic rings. The normalized spacial score (nSPS) is 22.6. The van der Waals surface area contributed by atoms with Crippen molar-refractivity contribution in [3.63, 3.8) is 0 Å². The van der Waals surface area contributed by atoms with Crippen LogP contribution < -0.4 is 0 Å². The van der Waals surface area contributed by atoms with Gasteiger partial charge in [-0.15, -0.1) is 0 Å². The van der Waals surface area contributed by atoms with E-state index in [2.05, 4.69) is 4.90 Å². The van der Waals surface area contributed by atoms with Crippen molar-refractivity contribution in [3.05, 3.63) is 29.0 Å². The minimum Gasteiger partial charge on any atom is -0.341 e. The van der Waals surface area contributed by atoms with Crippen molar-refractivity contribution in [1.82, 2.24) is 14.1 Å². The van der Waals surface area contributed by atoms with E-state index in [0.717, 1.165) is 38.1 Å². The summed E-state index contributed by atoms with van der Waals surface area (Å²) >= 11 is 5.73. The smallest absolute Gasteiger partial charge is 0.243 e. The predicted molar refractivity (Wildman–Crippen MR) is 106 cm³/mol. The van der Waals surface area contributed by atoms with Crippen molar-refractivity contribution in [3.8, 4) is 0 Å². The Kier molecular flexibility index (Phi) is 6.64. The second-order valence-electron chi connectivity index (χ2n) is 7.80. The molecule has 0 spiro atoms. The van der Waals surface area contributed by atoms with Crippen molar-refractivity contribution >= 4 is 27.5 Å². The van der Waals surface area contributed by atoms with E-state index in [1.165, 1.54) is 10.4 Å². The Hall–Kier alpha value is -1.22. The highest BCUT2D eigenvalue weighted by Crippen LogP contribution is 2.28. The molecule has 28 heavy (non-hydrogen) atoms. The van der Waals surface area contributed by atoms with Crippen LogP contribution in [0.1, 0.15) is 25.7 Å². The molecule has 0 N–H and O–H groups in total. The fourth-order valence-electron chi connectivity index (χ4n) is 3.96. The first kappa shape index (κ1) is 21.5. The second kappa shape index (κ2) is 8.65. The number of carbonyl (C=O) groups is 1. The van der Waals surface area contributed by atoms with Crippen LogP contribution in [-0.2, 0) is 14.8 Å². The minimum absolute atomic E-state index is 0.0199. The molecule has 2 aliphatic heterocycles. The molecule has 2 saturated heterocycles. The first-order valence-electron chi connectivity index (χ1n) is 9.60. The van der Waals surface area contributed by atoms with Gasteiger partial charge in [-0.25, -0.2) is 12.8 Å². The van der Waals surface area contributed by atoms with Gasteiger partial charge < -0.3 is 9.80 Å². The average molecular weight is 432 g/mol. The molecule has 0 bridgehead atoms. The molecule has 0 saturated carbocycles. The zero-order valence-corrected chi connectivity index (χ0v) is 17.8. The lowest BCUT2D eigenvalue weighted by atomic mass is 9.94. The number of carbonyl (C=O) groups excluding carboxylic acids is 1. The monoisotopic (exact) mass is 431 g/mol. The summed E-state index contributed by atoms with van der Waals surface area (Å²) in [7, 11) is 0.318. The standard InChI is InChI=1S/C19H27ClFN3O3S/c1-22(2)15-4-3-9-23(13-15)19(25)14-7-10-24(11-8-14)28(26,27)16-5-6-18(21)17(20)12-16/h5-6,12,14-15H,3-4,7-11,13H2,1-2H3. The zero-order valence-electron chi connectivity index (χ0n) is 16.3. The van der Waals surface area contributed by atoms with Gasteiger partial charge in [0.25, 0.3) is 0 Å². The van der Waals surface area contributed by atoms with E-state index < -0.39 is 15.8 Å². The molecule has 2 aliphatic rings. The van der Waals surface area contributed by atoms with Crippen molar-refractivity contribution in [1.29, 1.82) is 0 Å². The highest BCUT2D eigenvalue weighted by molar-refractivity contribution is 7.89. The lowest BCUT2D eigenvalue weighted by molar-refractivity contribution is -0.138. The van der Waals surface area contributed by atoms with Crippen LogP contribution >= 0.6 is 11.6 Å². The molecule has 1 atom stereocenters. The van der Waals surface area contributed by atoms with E-state index >= 15 is 0 Å². The second-order valence-corrected chi connectivity index (χ2v) is 10.1. The molecule has 1 aromatic carbocycles. The van der Waals surface area contributed by atoms with Crippen molar-refractivity contribution in [2.75, 3.05) is 40.3 Å².